The van der Waals surface area contributed by atoms with Gasteiger partial charge in [0.05, 0.1) is 5.75 Å². The largest absolute Gasteiger partial charge is 0.316 e. The molecule has 7 heteroatoms. The van der Waals surface area contributed by atoms with E-state index in [1.165, 1.54) is 0 Å². The molecule has 0 aromatic rings. The second-order valence-corrected chi connectivity index (χ2v) is 7.24. The van der Waals surface area contributed by atoms with Crippen molar-refractivity contribution in [2.75, 3.05) is 59.1 Å². The molecule has 6 nitrogen and oxygen atoms in total. The fraction of sp³-hybridized carbons (Fsp3) is 1.00. The average molecular weight is 292 g/mol. The molecule has 0 aliphatic carbocycles. The van der Waals surface area contributed by atoms with Crippen molar-refractivity contribution < 1.29 is 8.42 Å². The highest BCUT2D eigenvalue weighted by Gasteiger charge is 2.23. The number of nitrogens with zero attached hydrogens (tertiary/aromatic N) is 2. The van der Waals surface area contributed by atoms with Crippen LogP contribution >= 0.6 is 0 Å². The Morgan fingerprint density at radius 3 is 2.63 bits per heavy atom. The van der Waals surface area contributed by atoms with E-state index in [0.29, 0.717) is 13.1 Å². The van der Waals surface area contributed by atoms with Crippen LogP contribution in [0.1, 0.15) is 13.3 Å². The molecule has 0 saturated carbocycles. The molecule has 1 heterocycles. The lowest BCUT2D eigenvalue weighted by Crippen LogP contribution is -2.54. The van der Waals surface area contributed by atoms with Crippen LogP contribution < -0.4 is 10.0 Å². The Bertz CT molecular complexity index is 348. The molecular formula is C12H28N4O2S. The maximum atomic E-state index is 11.8. The third-order valence-corrected chi connectivity index (χ3v) is 4.84. The minimum absolute atomic E-state index is 0.152. The standard InChI is InChI=1S/C12H28N4O2S/c1-4-5-13-6-9-19(17,18)14-10-12-11-15(2)7-8-16(12)3/h12-14H,4-11H2,1-3H3. The van der Waals surface area contributed by atoms with Crippen LogP contribution in [0.25, 0.3) is 0 Å². The second kappa shape index (κ2) is 8.16. The first-order valence-corrected chi connectivity index (χ1v) is 8.66. The molecule has 2 N–H and O–H groups in total. The SMILES string of the molecule is CCCNCCS(=O)(=O)NCC1CN(C)CCN1C. The number of nitrogens with one attached hydrogen (secondary N) is 2. The third-order valence-electron chi connectivity index (χ3n) is 3.49. The van der Waals surface area contributed by atoms with Crippen molar-refractivity contribution in [2.45, 2.75) is 19.4 Å². The van der Waals surface area contributed by atoms with E-state index in [-0.39, 0.29) is 11.8 Å². The fourth-order valence-electron chi connectivity index (χ4n) is 2.13. The Balaban J connectivity index is 2.29. The lowest BCUT2D eigenvalue weighted by molar-refractivity contribution is 0.117. The van der Waals surface area contributed by atoms with Gasteiger partial charge in [-0.2, -0.15) is 0 Å². The Hall–Kier alpha value is -0.210. The summed E-state index contributed by atoms with van der Waals surface area (Å²) >= 11 is 0. The number of hydrogen-bond acceptors (Lipinski definition) is 5. The van der Waals surface area contributed by atoms with Gasteiger partial charge in [-0.15, -0.1) is 0 Å². The van der Waals surface area contributed by atoms with Crippen LogP contribution in [0.15, 0.2) is 0 Å². The van der Waals surface area contributed by atoms with Crippen LogP contribution in [0.5, 0.6) is 0 Å². The summed E-state index contributed by atoms with van der Waals surface area (Å²) < 4.78 is 26.4. The molecule has 114 valence electrons. The Labute approximate surface area is 117 Å². The van der Waals surface area contributed by atoms with Gasteiger partial charge in [0, 0.05) is 38.8 Å². The maximum Gasteiger partial charge on any atom is 0.212 e. The van der Waals surface area contributed by atoms with Gasteiger partial charge in [0.1, 0.15) is 0 Å². The van der Waals surface area contributed by atoms with Crippen LogP contribution in [-0.4, -0.2) is 83.4 Å². The minimum atomic E-state index is -3.16. The van der Waals surface area contributed by atoms with E-state index in [1.54, 1.807) is 0 Å². The highest BCUT2D eigenvalue weighted by molar-refractivity contribution is 7.89. The molecule has 1 unspecified atom stereocenters. The highest BCUT2D eigenvalue weighted by atomic mass is 32.2. The lowest BCUT2D eigenvalue weighted by atomic mass is 10.2. The second-order valence-electron chi connectivity index (χ2n) is 5.31. The molecular weight excluding hydrogens is 264 g/mol. The zero-order valence-electron chi connectivity index (χ0n) is 12.4. The van der Waals surface area contributed by atoms with E-state index in [1.807, 2.05) is 0 Å². The molecule has 1 fully saturated rings. The van der Waals surface area contributed by atoms with Gasteiger partial charge in [0.15, 0.2) is 0 Å². The predicted octanol–water partition coefficient (Wildman–Crippen LogP) is -0.849. The number of sulfonamides is 1. The minimum Gasteiger partial charge on any atom is -0.316 e. The summed E-state index contributed by atoms with van der Waals surface area (Å²) in [6.45, 7) is 6.89. The number of rotatable bonds is 8. The first-order chi connectivity index (χ1) is 8.94. The molecule has 1 aliphatic heterocycles. The van der Waals surface area contributed by atoms with Gasteiger partial charge in [-0.05, 0) is 27.1 Å². The van der Waals surface area contributed by atoms with Crippen LogP contribution in [0.2, 0.25) is 0 Å². The summed E-state index contributed by atoms with van der Waals surface area (Å²) in [4.78, 5) is 4.46. The Morgan fingerprint density at radius 1 is 1.21 bits per heavy atom. The first kappa shape index (κ1) is 16.8. The summed E-state index contributed by atoms with van der Waals surface area (Å²) in [5.41, 5.74) is 0. The van der Waals surface area contributed by atoms with Gasteiger partial charge < -0.3 is 10.2 Å². The summed E-state index contributed by atoms with van der Waals surface area (Å²) in [6, 6.07) is 0.261. The maximum absolute atomic E-state index is 11.8. The summed E-state index contributed by atoms with van der Waals surface area (Å²) in [5.74, 6) is 0.152. The molecule has 1 saturated heterocycles. The van der Waals surface area contributed by atoms with Crippen molar-refractivity contribution in [1.82, 2.24) is 19.8 Å². The summed E-state index contributed by atoms with van der Waals surface area (Å²) in [7, 11) is 0.963. The van der Waals surface area contributed by atoms with E-state index in [4.69, 9.17) is 0 Å². The van der Waals surface area contributed by atoms with Gasteiger partial charge in [-0.3, -0.25) is 4.90 Å². The smallest absolute Gasteiger partial charge is 0.212 e. The molecule has 1 atom stereocenters. The average Bonchev–Trinajstić information content (AvgIpc) is 2.36. The molecule has 0 aromatic heterocycles. The zero-order valence-corrected chi connectivity index (χ0v) is 13.2. The highest BCUT2D eigenvalue weighted by Crippen LogP contribution is 2.05. The third kappa shape index (κ3) is 6.67. The fourth-order valence-corrected chi connectivity index (χ4v) is 3.13. The molecule has 1 rings (SSSR count). The van der Waals surface area contributed by atoms with Crippen molar-refractivity contribution in [3.63, 3.8) is 0 Å². The van der Waals surface area contributed by atoms with Crippen LogP contribution in [-0.2, 0) is 10.0 Å². The van der Waals surface area contributed by atoms with Crippen LogP contribution in [0.3, 0.4) is 0 Å². The van der Waals surface area contributed by atoms with Crippen LogP contribution in [0, 0.1) is 0 Å². The topological polar surface area (TPSA) is 64.7 Å². The van der Waals surface area contributed by atoms with Gasteiger partial charge in [0.25, 0.3) is 0 Å². The lowest BCUT2D eigenvalue weighted by Gasteiger charge is -2.37. The molecule has 19 heavy (non-hydrogen) atoms. The summed E-state index contributed by atoms with van der Waals surface area (Å²) in [6.07, 6.45) is 1.02. The molecule has 0 spiro atoms. The number of hydrogen-bond donors (Lipinski definition) is 2. The molecule has 0 bridgehead atoms. The van der Waals surface area contributed by atoms with Gasteiger partial charge in [-0.25, -0.2) is 13.1 Å². The van der Waals surface area contributed by atoms with Crippen molar-refractivity contribution in [3.05, 3.63) is 0 Å². The van der Waals surface area contributed by atoms with Crippen molar-refractivity contribution in [1.29, 1.82) is 0 Å². The number of likely N-dealkylation sites (N-methyl/N-ethyl adjacent to an activating group) is 2. The van der Waals surface area contributed by atoms with Gasteiger partial charge >= 0.3 is 0 Å². The zero-order chi connectivity index (χ0) is 14.3. The van der Waals surface area contributed by atoms with Crippen molar-refractivity contribution >= 4 is 10.0 Å². The van der Waals surface area contributed by atoms with Gasteiger partial charge in [-0.1, -0.05) is 6.92 Å². The van der Waals surface area contributed by atoms with E-state index in [0.717, 1.165) is 32.6 Å². The molecule has 0 aromatic carbocycles. The molecule has 1 aliphatic rings. The monoisotopic (exact) mass is 292 g/mol. The van der Waals surface area contributed by atoms with Gasteiger partial charge in [0.2, 0.25) is 10.0 Å². The Kier molecular flexibility index (Phi) is 7.23. The van der Waals surface area contributed by atoms with Crippen LogP contribution in [0.4, 0.5) is 0 Å². The first-order valence-electron chi connectivity index (χ1n) is 7.01. The Morgan fingerprint density at radius 2 is 1.95 bits per heavy atom. The summed E-state index contributed by atoms with van der Waals surface area (Å²) in [5, 5.41) is 3.11. The van der Waals surface area contributed by atoms with E-state index >= 15 is 0 Å². The normalized spacial score (nSPS) is 22.8. The van der Waals surface area contributed by atoms with Crippen molar-refractivity contribution in [2.24, 2.45) is 0 Å². The quantitative estimate of drug-likeness (QED) is 0.571. The van der Waals surface area contributed by atoms with E-state index in [9.17, 15) is 8.42 Å². The predicted molar refractivity (Wildman–Crippen MR) is 78.9 cm³/mol. The number of piperazine rings is 1. The van der Waals surface area contributed by atoms with E-state index < -0.39 is 10.0 Å². The molecule has 0 amide bonds. The van der Waals surface area contributed by atoms with E-state index in [2.05, 4.69) is 40.9 Å². The van der Waals surface area contributed by atoms with Crippen molar-refractivity contribution in [3.8, 4) is 0 Å². The molecule has 0 radical (unpaired) electrons.